The Morgan fingerprint density at radius 3 is 2.82 bits per heavy atom. The van der Waals surface area contributed by atoms with E-state index < -0.39 is 10.8 Å². The van der Waals surface area contributed by atoms with E-state index in [1.165, 1.54) is 0 Å². The van der Waals surface area contributed by atoms with E-state index in [0.29, 0.717) is 0 Å². The van der Waals surface area contributed by atoms with Crippen molar-refractivity contribution in [3.8, 4) is 12.3 Å². The minimum atomic E-state index is -0.730. The maximum atomic E-state index is 10.8. The van der Waals surface area contributed by atoms with Crippen LogP contribution in [0.4, 0.5) is 0 Å². The molecule has 0 heterocycles. The van der Waals surface area contributed by atoms with Gasteiger partial charge in [0.05, 0.1) is 0 Å². The van der Waals surface area contributed by atoms with Crippen LogP contribution in [0.25, 0.3) is 0 Å². The highest BCUT2D eigenvalue weighted by molar-refractivity contribution is 7.84. The first-order valence-electron chi connectivity index (χ1n) is 3.65. The van der Waals surface area contributed by atoms with Crippen LogP contribution in [0.15, 0.2) is 0 Å². The predicted octanol–water partition coefficient (Wildman–Crippen LogP) is 0.366. The SMILES string of the molecule is C#CCCNCC(C)S(C)=O. The number of hydrogen-bond acceptors (Lipinski definition) is 2. The van der Waals surface area contributed by atoms with Crippen molar-refractivity contribution >= 4 is 10.8 Å². The zero-order chi connectivity index (χ0) is 8.69. The summed E-state index contributed by atoms with van der Waals surface area (Å²) in [5, 5.41) is 3.35. The highest BCUT2D eigenvalue weighted by Gasteiger charge is 2.03. The minimum absolute atomic E-state index is 0.216. The average molecular weight is 173 g/mol. The zero-order valence-corrected chi connectivity index (χ0v) is 7.91. The molecule has 0 aliphatic heterocycles. The first kappa shape index (κ1) is 10.7. The van der Waals surface area contributed by atoms with E-state index in [2.05, 4.69) is 11.2 Å². The lowest BCUT2D eigenvalue weighted by Gasteiger charge is -2.07. The second-order valence-electron chi connectivity index (χ2n) is 2.47. The highest BCUT2D eigenvalue weighted by Crippen LogP contribution is 1.88. The molecule has 0 aromatic rings. The molecule has 64 valence electrons. The topological polar surface area (TPSA) is 29.1 Å². The standard InChI is InChI=1S/C8H15NOS/c1-4-5-6-9-7-8(2)11(3)10/h1,8-9H,5-7H2,2-3H3. The van der Waals surface area contributed by atoms with Crippen LogP contribution in [-0.2, 0) is 10.8 Å². The monoisotopic (exact) mass is 173 g/mol. The molecule has 3 heteroatoms. The van der Waals surface area contributed by atoms with Crippen molar-refractivity contribution in [3.05, 3.63) is 0 Å². The van der Waals surface area contributed by atoms with E-state index in [1.54, 1.807) is 6.26 Å². The molecule has 1 N–H and O–H groups in total. The summed E-state index contributed by atoms with van der Waals surface area (Å²) in [6.45, 7) is 3.56. The van der Waals surface area contributed by atoms with E-state index in [9.17, 15) is 4.21 Å². The second-order valence-corrected chi connectivity index (χ2v) is 4.27. The quantitative estimate of drug-likeness (QED) is 0.480. The molecule has 2 atom stereocenters. The van der Waals surface area contributed by atoms with Crippen molar-refractivity contribution in [3.63, 3.8) is 0 Å². The Balaban J connectivity index is 3.26. The number of nitrogens with one attached hydrogen (secondary N) is 1. The molecule has 11 heavy (non-hydrogen) atoms. The third kappa shape index (κ3) is 6.08. The van der Waals surface area contributed by atoms with Crippen molar-refractivity contribution in [2.24, 2.45) is 0 Å². The van der Waals surface area contributed by atoms with Crippen LogP contribution in [0.2, 0.25) is 0 Å². The van der Waals surface area contributed by atoms with E-state index in [1.807, 2.05) is 6.92 Å². The van der Waals surface area contributed by atoms with Gasteiger partial charge in [0.2, 0.25) is 0 Å². The fraction of sp³-hybridized carbons (Fsp3) is 0.750. The summed E-state index contributed by atoms with van der Waals surface area (Å²) >= 11 is 0. The summed E-state index contributed by atoms with van der Waals surface area (Å²) in [5.41, 5.74) is 0. The van der Waals surface area contributed by atoms with Crippen LogP contribution >= 0.6 is 0 Å². The molecule has 0 saturated heterocycles. The summed E-state index contributed by atoms with van der Waals surface area (Å²) in [6, 6.07) is 0. The van der Waals surface area contributed by atoms with Crippen LogP contribution in [0.1, 0.15) is 13.3 Å². The van der Waals surface area contributed by atoms with E-state index >= 15 is 0 Å². The van der Waals surface area contributed by atoms with Crippen LogP contribution in [-0.4, -0.2) is 28.8 Å². The van der Waals surface area contributed by atoms with Crippen molar-refractivity contribution in [1.29, 1.82) is 0 Å². The summed E-state index contributed by atoms with van der Waals surface area (Å²) in [6.07, 6.45) is 7.51. The van der Waals surface area contributed by atoms with E-state index in [0.717, 1.165) is 19.5 Å². The van der Waals surface area contributed by atoms with Gasteiger partial charge in [0, 0.05) is 41.8 Å². The Labute approximate surface area is 71.2 Å². The third-order valence-electron chi connectivity index (χ3n) is 1.44. The lowest BCUT2D eigenvalue weighted by Crippen LogP contribution is -2.28. The third-order valence-corrected chi connectivity index (χ3v) is 2.74. The molecular weight excluding hydrogens is 158 g/mol. The predicted molar refractivity (Wildman–Crippen MR) is 49.8 cm³/mol. The fourth-order valence-electron chi connectivity index (χ4n) is 0.583. The van der Waals surface area contributed by atoms with Gasteiger partial charge in [0.1, 0.15) is 0 Å². The Hall–Kier alpha value is -0.330. The molecule has 0 radical (unpaired) electrons. The lowest BCUT2D eigenvalue weighted by molar-refractivity contribution is 0.651. The van der Waals surface area contributed by atoms with E-state index in [-0.39, 0.29) is 5.25 Å². The number of terminal acetylenes is 1. The van der Waals surface area contributed by atoms with Crippen LogP contribution in [0, 0.1) is 12.3 Å². The van der Waals surface area contributed by atoms with Crippen LogP contribution < -0.4 is 5.32 Å². The second kappa shape index (κ2) is 6.38. The Morgan fingerprint density at radius 1 is 1.73 bits per heavy atom. The smallest absolute Gasteiger partial charge is 0.0441 e. The van der Waals surface area contributed by atoms with Gasteiger partial charge in [-0.05, 0) is 6.92 Å². The molecule has 0 rings (SSSR count). The van der Waals surface area contributed by atoms with Gasteiger partial charge in [-0.2, -0.15) is 0 Å². The molecule has 0 aromatic heterocycles. The molecule has 0 amide bonds. The van der Waals surface area contributed by atoms with E-state index in [4.69, 9.17) is 6.42 Å². The summed E-state index contributed by atoms with van der Waals surface area (Å²) in [5.74, 6) is 2.53. The van der Waals surface area contributed by atoms with Crippen molar-refractivity contribution < 1.29 is 4.21 Å². The van der Waals surface area contributed by atoms with Gasteiger partial charge in [-0.25, -0.2) is 0 Å². The summed E-state index contributed by atoms with van der Waals surface area (Å²) in [7, 11) is -0.730. The first-order valence-corrected chi connectivity index (χ1v) is 5.27. The molecule has 0 spiro atoms. The number of hydrogen-bond donors (Lipinski definition) is 1. The van der Waals surface area contributed by atoms with Gasteiger partial charge in [-0.15, -0.1) is 12.3 Å². The molecule has 0 fully saturated rings. The Kier molecular flexibility index (Phi) is 6.19. The molecule has 2 unspecified atom stereocenters. The molecular formula is C8H15NOS. The Morgan fingerprint density at radius 2 is 2.36 bits per heavy atom. The molecule has 0 aromatic carbocycles. The molecule has 0 aliphatic carbocycles. The summed E-state index contributed by atoms with van der Waals surface area (Å²) < 4.78 is 10.8. The molecule has 0 bridgehead atoms. The fourth-order valence-corrected chi connectivity index (χ4v) is 0.936. The maximum absolute atomic E-state index is 10.8. The maximum Gasteiger partial charge on any atom is 0.0441 e. The average Bonchev–Trinajstić information content (AvgIpc) is 1.97. The minimum Gasteiger partial charge on any atom is -0.315 e. The van der Waals surface area contributed by atoms with Crippen LogP contribution in [0.5, 0.6) is 0 Å². The van der Waals surface area contributed by atoms with Crippen molar-refractivity contribution in [2.75, 3.05) is 19.3 Å². The van der Waals surface area contributed by atoms with Crippen molar-refractivity contribution in [1.82, 2.24) is 5.32 Å². The molecule has 2 nitrogen and oxygen atoms in total. The molecule has 0 saturated carbocycles. The lowest BCUT2D eigenvalue weighted by atomic mass is 10.4. The molecule has 0 aliphatic rings. The Bertz CT molecular complexity index is 162. The highest BCUT2D eigenvalue weighted by atomic mass is 32.2. The van der Waals surface area contributed by atoms with Gasteiger partial charge in [-0.1, -0.05) is 0 Å². The van der Waals surface area contributed by atoms with Gasteiger partial charge in [0.25, 0.3) is 0 Å². The van der Waals surface area contributed by atoms with Crippen LogP contribution in [0.3, 0.4) is 0 Å². The first-order chi connectivity index (χ1) is 5.18. The normalized spacial score (nSPS) is 15.4. The largest absolute Gasteiger partial charge is 0.315 e. The van der Waals surface area contributed by atoms with Gasteiger partial charge in [-0.3, -0.25) is 4.21 Å². The number of rotatable bonds is 5. The summed E-state index contributed by atoms with van der Waals surface area (Å²) in [4.78, 5) is 0. The van der Waals surface area contributed by atoms with Crippen molar-refractivity contribution in [2.45, 2.75) is 18.6 Å². The van der Waals surface area contributed by atoms with Gasteiger partial charge >= 0.3 is 0 Å². The van der Waals surface area contributed by atoms with Gasteiger partial charge < -0.3 is 5.32 Å². The van der Waals surface area contributed by atoms with Gasteiger partial charge in [0.15, 0.2) is 0 Å². The zero-order valence-electron chi connectivity index (χ0n) is 7.09.